The van der Waals surface area contributed by atoms with Crippen molar-refractivity contribution in [2.75, 3.05) is 0 Å². The van der Waals surface area contributed by atoms with Crippen molar-refractivity contribution in [3.8, 4) is 5.75 Å². The number of aliphatic carboxylic acids is 1. The number of alkyl halides is 3. The van der Waals surface area contributed by atoms with E-state index in [0.29, 0.717) is 5.39 Å². The van der Waals surface area contributed by atoms with Gasteiger partial charge in [-0.2, -0.15) is 13.2 Å². The van der Waals surface area contributed by atoms with Gasteiger partial charge < -0.3 is 9.84 Å². The van der Waals surface area contributed by atoms with E-state index in [9.17, 15) is 18.0 Å². The van der Waals surface area contributed by atoms with Crippen LogP contribution in [0.25, 0.3) is 16.8 Å². The molecule has 1 heterocycles. The Bertz CT molecular complexity index is 762. The number of hydrogen-bond donors (Lipinski definition) is 1. The summed E-state index contributed by atoms with van der Waals surface area (Å²) in [7, 11) is 0. The van der Waals surface area contributed by atoms with E-state index in [-0.39, 0.29) is 11.3 Å². The summed E-state index contributed by atoms with van der Waals surface area (Å²) in [4.78, 5) is 11.0. The SMILES string of the molecule is O=C(O)[C@@H]1Oc2ccc3ccccc3c2C=C1C(F)(F)F. The summed E-state index contributed by atoms with van der Waals surface area (Å²) in [5.41, 5.74) is -0.961. The number of carboxylic acid groups (broad SMARTS) is 1. The third-order valence-electron chi connectivity index (χ3n) is 3.31. The standard InChI is InChI=1S/C15H9F3O3/c16-15(17,18)11-7-10-9-4-2-1-3-8(9)5-6-12(10)21-13(11)14(19)20/h1-7,13H,(H,19,20)/t13-/m1/s1. The van der Waals surface area contributed by atoms with Gasteiger partial charge in [0.25, 0.3) is 0 Å². The van der Waals surface area contributed by atoms with Crippen LogP contribution < -0.4 is 4.74 Å². The molecule has 0 bridgehead atoms. The minimum Gasteiger partial charge on any atom is -0.478 e. The monoisotopic (exact) mass is 294 g/mol. The number of halogens is 3. The summed E-state index contributed by atoms with van der Waals surface area (Å²) < 4.78 is 44.2. The van der Waals surface area contributed by atoms with Gasteiger partial charge in [0.2, 0.25) is 6.10 Å². The zero-order chi connectivity index (χ0) is 15.2. The average molecular weight is 294 g/mol. The molecule has 3 rings (SSSR count). The number of rotatable bonds is 1. The lowest BCUT2D eigenvalue weighted by molar-refractivity contribution is -0.150. The first-order valence-electron chi connectivity index (χ1n) is 6.08. The molecule has 3 nitrogen and oxygen atoms in total. The molecule has 0 saturated heterocycles. The van der Waals surface area contributed by atoms with Crippen LogP contribution in [0.4, 0.5) is 13.2 Å². The van der Waals surface area contributed by atoms with Gasteiger partial charge in [0.05, 0.1) is 5.57 Å². The second kappa shape index (κ2) is 4.51. The summed E-state index contributed by atoms with van der Waals surface area (Å²) in [5, 5.41) is 10.3. The zero-order valence-electron chi connectivity index (χ0n) is 10.5. The summed E-state index contributed by atoms with van der Waals surface area (Å²) in [6.07, 6.45) is -5.95. The first-order chi connectivity index (χ1) is 9.88. The molecule has 0 aliphatic carbocycles. The number of hydrogen-bond acceptors (Lipinski definition) is 2. The van der Waals surface area contributed by atoms with Crippen molar-refractivity contribution in [2.24, 2.45) is 0 Å². The van der Waals surface area contributed by atoms with Gasteiger partial charge >= 0.3 is 12.1 Å². The molecule has 0 spiro atoms. The van der Waals surface area contributed by atoms with Crippen LogP contribution >= 0.6 is 0 Å². The number of benzene rings is 2. The Hall–Kier alpha value is -2.50. The Morgan fingerprint density at radius 1 is 1.14 bits per heavy atom. The number of ether oxygens (including phenoxy) is 1. The minimum atomic E-state index is -4.77. The van der Waals surface area contributed by atoms with Crippen molar-refractivity contribution in [1.29, 1.82) is 0 Å². The highest BCUT2D eigenvalue weighted by molar-refractivity contribution is 5.95. The van der Waals surface area contributed by atoms with Gasteiger partial charge in [0.1, 0.15) is 5.75 Å². The first kappa shape index (κ1) is 13.5. The van der Waals surface area contributed by atoms with E-state index >= 15 is 0 Å². The smallest absolute Gasteiger partial charge is 0.416 e. The van der Waals surface area contributed by atoms with Crippen LogP contribution in [0.2, 0.25) is 0 Å². The largest absolute Gasteiger partial charge is 0.478 e. The van der Waals surface area contributed by atoms with Gasteiger partial charge in [0, 0.05) is 5.56 Å². The van der Waals surface area contributed by atoms with Gasteiger partial charge in [-0.15, -0.1) is 0 Å². The fourth-order valence-electron chi connectivity index (χ4n) is 2.36. The molecule has 0 saturated carbocycles. The minimum absolute atomic E-state index is 0.133. The summed E-state index contributed by atoms with van der Waals surface area (Å²) in [6, 6.07) is 10.1. The third-order valence-corrected chi connectivity index (χ3v) is 3.31. The van der Waals surface area contributed by atoms with Crippen LogP contribution in [-0.2, 0) is 4.79 Å². The Balaban J connectivity index is 2.27. The molecule has 1 aliphatic rings. The number of carboxylic acids is 1. The molecule has 21 heavy (non-hydrogen) atoms. The highest BCUT2D eigenvalue weighted by Gasteiger charge is 2.45. The molecule has 2 aromatic carbocycles. The quantitative estimate of drug-likeness (QED) is 0.873. The highest BCUT2D eigenvalue weighted by atomic mass is 19.4. The van der Waals surface area contributed by atoms with Crippen molar-refractivity contribution < 1.29 is 27.8 Å². The second-order valence-electron chi connectivity index (χ2n) is 4.63. The van der Waals surface area contributed by atoms with Crippen molar-refractivity contribution in [2.45, 2.75) is 12.3 Å². The molecule has 108 valence electrons. The number of fused-ring (bicyclic) bond motifs is 3. The van der Waals surface area contributed by atoms with Crippen LogP contribution in [0, 0.1) is 0 Å². The Morgan fingerprint density at radius 3 is 2.52 bits per heavy atom. The molecular formula is C15H9F3O3. The van der Waals surface area contributed by atoms with Crippen LogP contribution in [0.5, 0.6) is 5.75 Å². The maximum atomic E-state index is 13.0. The van der Waals surface area contributed by atoms with Crippen LogP contribution in [-0.4, -0.2) is 23.4 Å². The third kappa shape index (κ3) is 2.22. The van der Waals surface area contributed by atoms with Gasteiger partial charge in [0.15, 0.2) is 0 Å². The van der Waals surface area contributed by atoms with Crippen molar-refractivity contribution in [1.82, 2.24) is 0 Å². The molecule has 0 fully saturated rings. The first-order valence-corrected chi connectivity index (χ1v) is 6.08. The fourth-order valence-corrected chi connectivity index (χ4v) is 2.36. The number of carbonyl (C=O) groups is 1. The normalized spacial score (nSPS) is 17.9. The molecule has 1 aliphatic heterocycles. The molecular weight excluding hydrogens is 285 g/mol. The van der Waals surface area contributed by atoms with E-state index in [1.807, 2.05) is 0 Å². The van der Waals surface area contributed by atoms with E-state index in [1.54, 1.807) is 30.3 Å². The zero-order valence-corrected chi connectivity index (χ0v) is 10.5. The van der Waals surface area contributed by atoms with E-state index in [0.717, 1.165) is 11.5 Å². The van der Waals surface area contributed by atoms with Gasteiger partial charge in [-0.25, -0.2) is 4.79 Å². The maximum Gasteiger partial charge on any atom is 0.416 e. The maximum absolute atomic E-state index is 13.0. The van der Waals surface area contributed by atoms with Crippen LogP contribution in [0.3, 0.4) is 0 Å². The van der Waals surface area contributed by atoms with Crippen LogP contribution in [0.15, 0.2) is 42.0 Å². The Kier molecular flexibility index (Phi) is 2.90. The molecule has 0 aromatic heterocycles. The summed E-state index contributed by atoms with van der Waals surface area (Å²) in [5.74, 6) is -1.54. The predicted octanol–water partition coefficient (Wildman–Crippen LogP) is 3.63. The molecule has 0 amide bonds. The van der Waals surface area contributed by atoms with E-state index in [4.69, 9.17) is 9.84 Å². The predicted molar refractivity (Wildman–Crippen MR) is 70.0 cm³/mol. The lowest BCUT2D eigenvalue weighted by Gasteiger charge is -2.26. The Labute approximate surface area is 117 Å². The average Bonchev–Trinajstić information content (AvgIpc) is 2.44. The fraction of sp³-hybridized carbons (Fsp3) is 0.133. The van der Waals surface area contributed by atoms with E-state index < -0.39 is 23.8 Å². The Morgan fingerprint density at radius 2 is 1.86 bits per heavy atom. The highest BCUT2D eigenvalue weighted by Crippen LogP contribution is 2.40. The van der Waals surface area contributed by atoms with Crippen molar-refractivity contribution in [3.05, 3.63) is 47.5 Å². The molecule has 1 atom stereocenters. The lowest BCUT2D eigenvalue weighted by atomic mass is 9.96. The lowest BCUT2D eigenvalue weighted by Crippen LogP contribution is -2.37. The molecule has 1 N–H and O–H groups in total. The summed E-state index contributed by atoms with van der Waals surface area (Å²) in [6.45, 7) is 0. The molecule has 0 unspecified atom stereocenters. The van der Waals surface area contributed by atoms with Gasteiger partial charge in [-0.3, -0.25) is 0 Å². The molecule has 6 heteroatoms. The van der Waals surface area contributed by atoms with E-state index in [1.165, 1.54) is 6.07 Å². The van der Waals surface area contributed by atoms with Crippen molar-refractivity contribution in [3.63, 3.8) is 0 Å². The van der Waals surface area contributed by atoms with Gasteiger partial charge in [-0.1, -0.05) is 30.3 Å². The summed E-state index contributed by atoms with van der Waals surface area (Å²) >= 11 is 0. The topological polar surface area (TPSA) is 46.5 Å². The van der Waals surface area contributed by atoms with Gasteiger partial charge in [-0.05, 0) is 22.9 Å². The molecule has 2 aromatic rings. The second-order valence-corrected chi connectivity index (χ2v) is 4.63. The van der Waals surface area contributed by atoms with Crippen LogP contribution in [0.1, 0.15) is 5.56 Å². The molecule has 0 radical (unpaired) electrons. The van der Waals surface area contributed by atoms with E-state index in [2.05, 4.69) is 0 Å². The van der Waals surface area contributed by atoms with Crippen molar-refractivity contribution >= 4 is 22.8 Å².